The molecule has 2 N–H and O–H groups in total. The van der Waals surface area contributed by atoms with Crippen molar-refractivity contribution >= 4 is 23.0 Å². The lowest BCUT2D eigenvalue weighted by Crippen LogP contribution is -2.28. The van der Waals surface area contributed by atoms with Crippen LogP contribution in [-0.2, 0) is 13.1 Å². The first-order valence-corrected chi connectivity index (χ1v) is 8.73. The fraction of sp³-hybridized carbons (Fsp3) is 0.350. The molecule has 0 amide bonds. The molecule has 0 heterocycles. The molecule has 128 valence electrons. The lowest BCUT2D eigenvalue weighted by molar-refractivity contribution is 0.401. The molecule has 2 aromatic rings. The van der Waals surface area contributed by atoms with Crippen molar-refractivity contribution in [1.82, 2.24) is 10.2 Å². The summed E-state index contributed by atoms with van der Waals surface area (Å²) in [5.74, 6) is 0.539. The highest BCUT2D eigenvalue weighted by Crippen LogP contribution is 2.17. The minimum absolute atomic E-state index is 0.539. The van der Waals surface area contributed by atoms with Gasteiger partial charge in [-0.25, -0.2) is 0 Å². The van der Waals surface area contributed by atoms with Crippen molar-refractivity contribution in [2.24, 2.45) is 0 Å². The molecule has 0 saturated carbocycles. The predicted molar refractivity (Wildman–Crippen MR) is 107 cm³/mol. The predicted octanol–water partition coefficient (Wildman–Crippen LogP) is 4.36. The Bertz CT molecular complexity index is 663. The summed E-state index contributed by atoms with van der Waals surface area (Å²) < 4.78 is 0. The van der Waals surface area contributed by atoms with E-state index in [4.69, 9.17) is 12.2 Å². The molecule has 0 bridgehead atoms. The minimum Gasteiger partial charge on any atom is -0.358 e. The molecule has 0 atom stereocenters. The molecule has 0 aliphatic rings. The number of nitrogens with zero attached hydrogens (tertiary/aromatic N) is 1. The maximum Gasteiger partial charge on any atom is 0.171 e. The SMILES string of the molecule is CC(C)c1ccc(NC(=S)NCc2ccccc2CN(C)C)cc1. The van der Waals surface area contributed by atoms with E-state index in [0.29, 0.717) is 11.0 Å². The number of hydrogen-bond donors (Lipinski definition) is 2. The van der Waals surface area contributed by atoms with Crippen LogP contribution in [0.15, 0.2) is 48.5 Å². The van der Waals surface area contributed by atoms with E-state index in [0.717, 1.165) is 18.8 Å². The monoisotopic (exact) mass is 341 g/mol. The fourth-order valence-electron chi connectivity index (χ4n) is 2.53. The van der Waals surface area contributed by atoms with Gasteiger partial charge < -0.3 is 15.5 Å². The van der Waals surface area contributed by atoms with Crippen molar-refractivity contribution < 1.29 is 0 Å². The van der Waals surface area contributed by atoms with E-state index in [1.165, 1.54) is 16.7 Å². The summed E-state index contributed by atoms with van der Waals surface area (Å²) in [5.41, 5.74) is 4.93. The molecule has 3 nitrogen and oxygen atoms in total. The first kappa shape index (κ1) is 18.4. The Hall–Kier alpha value is -1.91. The van der Waals surface area contributed by atoms with Gasteiger partial charge in [0.1, 0.15) is 0 Å². The van der Waals surface area contributed by atoms with Gasteiger partial charge in [-0.1, -0.05) is 50.2 Å². The third-order valence-corrected chi connectivity index (χ3v) is 4.13. The smallest absolute Gasteiger partial charge is 0.171 e. The molecular formula is C20H27N3S. The second-order valence-electron chi connectivity index (χ2n) is 6.59. The van der Waals surface area contributed by atoms with Crippen LogP contribution in [0.4, 0.5) is 5.69 Å². The number of rotatable bonds is 6. The van der Waals surface area contributed by atoms with Gasteiger partial charge in [0.25, 0.3) is 0 Å². The zero-order chi connectivity index (χ0) is 17.5. The molecule has 24 heavy (non-hydrogen) atoms. The fourth-order valence-corrected chi connectivity index (χ4v) is 2.72. The summed E-state index contributed by atoms with van der Waals surface area (Å²) in [6, 6.07) is 16.9. The van der Waals surface area contributed by atoms with Crippen LogP contribution in [0.5, 0.6) is 0 Å². The lowest BCUT2D eigenvalue weighted by Gasteiger charge is -2.16. The van der Waals surface area contributed by atoms with Crippen LogP contribution < -0.4 is 10.6 Å². The van der Waals surface area contributed by atoms with Crippen molar-refractivity contribution in [3.05, 3.63) is 65.2 Å². The first-order valence-electron chi connectivity index (χ1n) is 8.32. The van der Waals surface area contributed by atoms with Crippen LogP contribution in [0, 0.1) is 0 Å². The average Bonchev–Trinajstić information content (AvgIpc) is 2.54. The van der Waals surface area contributed by atoms with Gasteiger partial charge in [-0.05, 0) is 61.1 Å². The number of thiocarbonyl (C=S) groups is 1. The average molecular weight is 342 g/mol. The lowest BCUT2D eigenvalue weighted by atomic mass is 10.0. The standard InChI is InChI=1S/C20H27N3S/c1-15(2)16-9-11-19(12-10-16)22-20(24)21-13-17-7-5-6-8-18(17)14-23(3)4/h5-12,15H,13-14H2,1-4H3,(H2,21,22,24). The molecule has 2 rings (SSSR count). The van der Waals surface area contributed by atoms with E-state index in [1.807, 2.05) is 0 Å². The molecule has 0 unspecified atom stereocenters. The van der Waals surface area contributed by atoms with Crippen LogP contribution in [0.2, 0.25) is 0 Å². The molecule has 0 saturated heterocycles. The van der Waals surface area contributed by atoms with E-state index in [-0.39, 0.29) is 0 Å². The van der Waals surface area contributed by atoms with E-state index < -0.39 is 0 Å². The number of nitrogens with one attached hydrogen (secondary N) is 2. The van der Waals surface area contributed by atoms with Crippen molar-refractivity contribution in [2.75, 3.05) is 19.4 Å². The van der Waals surface area contributed by atoms with Gasteiger partial charge in [-0.2, -0.15) is 0 Å². The van der Waals surface area contributed by atoms with Crippen molar-refractivity contribution in [3.8, 4) is 0 Å². The summed E-state index contributed by atoms with van der Waals surface area (Å²) >= 11 is 5.42. The number of anilines is 1. The normalized spacial score (nSPS) is 10.9. The topological polar surface area (TPSA) is 27.3 Å². The Labute approximate surface area is 151 Å². The van der Waals surface area contributed by atoms with Crippen LogP contribution in [0.3, 0.4) is 0 Å². The van der Waals surface area contributed by atoms with Crippen molar-refractivity contribution in [2.45, 2.75) is 32.9 Å². The highest BCUT2D eigenvalue weighted by atomic mass is 32.1. The summed E-state index contributed by atoms with van der Waals surface area (Å²) in [6.07, 6.45) is 0. The third kappa shape index (κ3) is 5.62. The molecule has 0 spiro atoms. The quantitative estimate of drug-likeness (QED) is 0.764. The first-order chi connectivity index (χ1) is 11.5. The Morgan fingerprint density at radius 2 is 1.62 bits per heavy atom. The van der Waals surface area contributed by atoms with Gasteiger partial charge in [0.05, 0.1) is 0 Å². The van der Waals surface area contributed by atoms with Crippen LogP contribution in [-0.4, -0.2) is 24.1 Å². The Kier molecular flexibility index (Phi) is 6.76. The maximum absolute atomic E-state index is 5.42. The molecule has 0 aliphatic carbocycles. The highest BCUT2D eigenvalue weighted by Gasteiger charge is 2.05. The van der Waals surface area contributed by atoms with Crippen LogP contribution in [0.1, 0.15) is 36.5 Å². The van der Waals surface area contributed by atoms with Gasteiger partial charge in [0.15, 0.2) is 5.11 Å². The van der Waals surface area contributed by atoms with Gasteiger partial charge in [0, 0.05) is 18.8 Å². The van der Waals surface area contributed by atoms with Gasteiger partial charge >= 0.3 is 0 Å². The van der Waals surface area contributed by atoms with Gasteiger partial charge in [0.2, 0.25) is 0 Å². The largest absolute Gasteiger partial charge is 0.358 e. The Balaban J connectivity index is 1.91. The van der Waals surface area contributed by atoms with Crippen LogP contribution in [0.25, 0.3) is 0 Å². The molecule has 0 aromatic heterocycles. The zero-order valence-electron chi connectivity index (χ0n) is 15.0. The molecule has 4 heteroatoms. The number of hydrogen-bond acceptors (Lipinski definition) is 2. The highest BCUT2D eigenvalue weighted by molar-refractivity contribution is 7.80. The number of benzene rings is 2. The van der Waals surface area contributed by atoms with Crippen molar-refractivity contribution in [1.29, 1.82) is 0 Å². The Morgan fingerprint density at radius 1 is 1.00 bits per heavy atom. The zero-order valence-corrected chi connectivity index (χ0v) is 15.8. The molecular weight excluding hydrogens is 314 g/mol. The van der Waals surface area contributed by atoms with E-state index in [2.05, 4.69) is 92.0 Å². The molecule has 0 aliphatic heterocycles. The van der Waals surface area contributed by atoms with Crippen molar-refractivity contribution in [3.63, 3.8) is 0 Å². The van der Waals surface area contributed by atoms with Crippen LogP contribution >= 0.6 is 12.2 Å². The van der Waals surface area contributed by atoms with E-state index in [1.54, 1.807) is 0 Å². The Morgan fingerprint density at radius 3 is 2.21 bits per heavy atom. The van der Waals surface area contributed by atoms with Gasteiger partial charge in [-0.15, -0.1) is 0 Å². The summed E-state index contributed by atoms with van der Waals surface area (Å²) in [4.78, 5) is 2.17. The summed E-state index contributed by atoms with van der Waals surface area (Å²) in [7, 11) is 4.16. The second kappa shape index (κ2) is 8.81. The molecule has 0 radical (unpaired) electrons. The molecule has 0 fully saturated rings. The van der Waals surface area contributed by atoms with E-state index >= 15 is 0 Å². The molecule has 2 aromatic carbocycles. The van der Waals surface area contributed by atoms with Gasteiger partial charge in [-0.3, -0.25) is 0 Å². The third-order valence-electron chi connectivity index (χ3n) is 3.88. The maximum atomic E-state index is 5.42. The summed E-state index contributed by atoms with van der Waals surface area (Å²) in [6.45, 7) is 6.04. The summed E-state index contributed by atoms with van der Waals surface area (Å²) in [5, 5.41) is 7.19. The van der Waals surface area contributed by atoms with E-state index in [9.17, 15) is 0 Å². The second-order valence-corrected chi connectivity index (χ2v) is 7.00. The minimum atomic E-state index is 0.539.